The van der Waals surface area contributed by atoms with E-state index >= 15 is 0 Å². The predicted octanol–water partition coefficient (Wildman–Crippen LogP) is 2.53. The van der Waals surface area contributed by atoms with Crippen LogP contribution in [-0.2, 0) is 0 Å². The van der Waals surface area contributed by atoms with Crippen LogP contribution in [0.2, 0.25) is 0 Å². The number of nitrogens with zero attached hydrogens (tertiary/aromatic N) is 2. The molecule has 0 radical (unpaired) electrons. The molecule has 2 fully saturated rings. The van der Waals surface area contributed by atoms with E-state index in [-0.39, 0.29) is 5.54 Å². The average Bonchev–Trinajstić information content (AvgIpc) is 3.15. The van der Waals surface area contributed by atoms with Crippen molar-refractivity contribution in [3.8, 4) is 6.07 Å². The molecule has 0 saturated heterocycles. The summed E-state index contributed by atoms with van der Waals surface area (Å²) in [5.41, 5.74) is -0.235. The first-order valence-corrected chi connectivity index (χ1v) is 7.60. The van der Waals surface area contributed by atoms with E-state index in [1.54, 1.807) is 0 Å². The van der Waals surface area contributed by atoms with Gasteiger partial charge in [0.2, 0.25) is 0 Å². The zero-order valence-electron chi connectivity index (χ0n) is 11.9. The molecule has 0 bridgehead atoms. The van der Waals surface area contributed by atoms with E-state index in [0.29, 0.717) is 5.92 Å². The highest BCUT2D eigenvalue weighted by Crippen LogP contribution is 2.38. The van der Waals surface area contributed by atoms with Crippen LogP contribution in [0.4, 0.5) is 0 Å². The van der Waals surface area contributed by atoms with Crippen LogP contribution in [0.1, 0.15) is 51.9 Å². The SMILES string of the molecule is CCCN(CCC1CCCC1(C#N)NC)C1CC1. The smallest absolute Gasteiger partial charge is 0.109 e. The molecule has 102 valence electrons. The molecule has 0 aliphatic heterocycles. The molecule has 0 aromatic heterocycles. The molecule has 0 spiro atoms. The highest BCUT2D eigenvalue weighted by molar-refractivity contribution is 5.13. The van der Waals surface area contributed by atoms with Gasteiger partial charge in [0.1, 0.15) is 5.54 Å². The van der Waals surface area contributed by atoms with Crippen LogP contribution in [0.5, 0.6) is 0 Å². The van der Waals surface area contributed by atoms with Crippen molar-refractivity contribution in [2.24, 2.45) is 5.92 Å². The van der Waals surface area contributed by atoms with Gasteiger partial charge in [0.05, 0.1) is 6.07 Å². The van der Waals surface area contributed by atoms with Crippen molar-refractivity contribution in [3.63, 3.8) is 0 Å². The standard InChI is InChI=1S/C15H27N3/c1-3-10-18(14-6-7-14)11-8-13-5-4-9-15(13,12-16)17-2/h13-14,17H,3-11H2,1-2H3. The maximum atomic E-state index is 9.45. The van der Waals surface area contributed by atoms with Gasteiger partial charge in [-0.1, -0.05) is 13.3 Å². The van der Waals surface area contributed by atoms with Gasteiger partial charge in [-0.25, -0.2) is 0 Å². The van der Waals surface area contributed by atoms with Gasteiger partial charge >= 0.3 is 0 Å². The van der Waals surface area contributed by atoms with E-state index in [0.717, 1.165) is 12.5 Å². The van der Waals surface area contributed by atoms with Crippen LogP contribution in [0, 0.1) is 17.2 Å². The lowest BCUT2D eigenvalue weighted by Gasteiger charge is -2.30. The molecule has 2 aliphatic rings. The van der Waals surface area contributed by atoms with E-state index in [2.05, 4.69) is 23.2 Å². The quantitative estimate of drug-likeness (QED) is 0.753. The van der Waals surface area contributed by atoms with Crippen LogP contribution >= 0.6 is 0 Å². The Labute approximate surface area is 112 Å². The van der Waals surface area contributed by atoms with Crippen LogP contribution in [0.25, 0.3) is 0 Å². The third-order valence-electron chi connectivity index (χ3n) is 4.81. The van der Waals surface area contributed by atoms with Gasteiger partial charge in [0, 0.05) is 6.04 Å². The Hall–Kier alpha value is -0.590. The fourth-order valence-electron chi connectivity index (χ4n) is 3.53. The molecule has 0 aromatic rings. The zero-order chi connectivity index (χ0) is 13.0. The van der Waals surface area contributed by atoms with Crippen molar-refractivity contribution < 1.29 is 0 Å². The summed E-state index contributed by atoms with van der Waals surface area (Å²) >= 11 is 0. The lowest BCUT2D eigenvalue weighted by molar-refractivity contribution is 0.219. The van der Waals surface area contributed by atoms with E-state index in [1.807, 2.05) is 7.05 Å². The molecule has 2 rings (SSSR count). The second-order valence-electron chi connectivity index (χ2n) is 5.98. The Kier molecular flexibility index (Phi) is 4.64. The number of rotatable bonds is 7. The van der Waals surface area contributed by atoms with Crippen molar-refractivity contribution in [2.75, 3.05) is 20.1 Å². The molecule has 2 aliphatic carbocycles. The van der Waals surface area contributed by atoms with Crippen LogP contribution in [0.15, 0.2) is 0 Å². The molecule has 3 nitrogen and oxygen atoms in total. The summed E-state index contributed by atoms with van der Waals surface area (Å²) in [6, 6.07) is 3.41. The Morgan fingerprint density at radius 2 is 2.11 bits per heavy atom. The molecular formula is C15H27N3. The molecule has 0 heterocycles. The maximum absolute atomic E-state index is 9.45. The molecule has 2 atom stereocenters. The van der Waals surface area contributed by atoms with Gasteiger partial charge in [-0.2, -0.15) is 5.26 Å². The molecule has 2 unspecified atom stereocenters. The third kappa shape index (κ3) is 2.87. The van der Waals surface area contributed by atoms with Crippen molar-refractivity contribution >= 4 is 0 Å². The van der Waals surface area contributed by atoms with Crippen LogP contribution in [0.3, 0.4) is 0 Å². The van der Waals surface area contributed by atoms with Gasteiger partial charge in [0.25, 0.3) is 0 Å². The summed E-state index contributed by atoms with van der Waals surface area (Å²) < 4.78 is 0. The number of nitriles is 1. The molecule has 1 N–H and O–H groups in total. The fraction of sp³-hybridized carbons (Fsp3) is 0.933. The fourth-order valence-corrected chi connectivity index (χ4v) is 3.53. The second kappa shape index (κ2) is 6.04. The van der Waals surface area contributed by atoms with E-state index in [4.69, 9.17) is 0 Å². The molecule has 3 heteroatoms. The van der Waals surface area contributed by atoms with Gasteiger partial charge in [-0.05, 0) is 64.6 Å². The Morgan fingerprint density at radius 1 is 1.33 bits per heavy atom. The predicted molar refractivity (Wildman–Crippen MR) is 74.2 cm³/mol. The Bertz CT molecular complexity index is 305. The summed E-state index contributed by atoms with van der Waals surface area (Å²) in [6.45, 7) is 4.68. The molecule has 0 amide bonds. The minimum absolute atomic E-state index is 0.235. The largest absolute Gasteiger partial charge is 0.302 e. The van der Waals surface area contributed by atoms with E-state index in [9.17, 15) is 5.26 Å². The first-order valence-electron chi connectivity index (χ1n) is 7.60. The number of hydrogen-bond donors (Lipinski definition) is 1. The summed E-state index contributed by atoms with van der Waals surface area (Å²) in [7, 11) is 1.95. The molecule has 2 saturated carbocycles. The van der Waals surface area contributed by atoms with Gasteiger partial charge < -0.3 is 10.2 Å². The monoisotopic (exact) mass is 249 g/mol. The molecular weight excluding hydrogens is 222 g/mol. The highest BCUT2D eigenvalue weighted by atomic mass is 15.2. The third-order valence-corrected chi connectivity index (χ3v) is 4.81. The van der Waals surface area contributed by atoms with Crippen LogP contribution in [-0.4, -0.2) is 36.6 Å². The second-order valence-corrected chi connectivity index (χ2v) is 5.98. The average molecular weight is 249 g/mol. The van der Waals surface area contributed by atoms with Crippen LogP contribution < -0.4 is 5.32 Å². The summed E-state index contributed by atoms with van der Waals surface area (Å²) in [6.07, 6.45) is 8.67. The van der Waals surface area contributed by atoms with Gasteiger partial charge in [-0.15, -0.1) is 0 Å². The lowest BCUT2D eigenvalue weighted by atomic mass is 9.86. The van der Waals surface area contributed by atoms with E-state index < -0.39 is 0 Å². The first kappa shape index (κ1) is 13.8. The summed E-state index contributed by atoms with van der Waals surface area (Å²) in [5, 5.41) is 12.7. The van der Waals surface area contributed by atoms with Crippen molar-refractivity contribution in [2.45, 2.75) is 63.5 Å². The first-order chi connectivity index (χ1) is 8.75. The zero-order valence-corrected chi connectivity index (χ0v) is 11.9. The minimum atomic E-state index is -0.235. The normalized spacial score (nSPS) is 31.8. The summed E-state index contributed by atoms with van der Waals surface area (Å²) in [4.78, 5) is 2.65. The highest BCUT2D eigenvalue weighted by Gasteiger charge is 2.42. The minimum Gasteiger partial charge on any atom is -0.302 e. The molecule has 0 aromatic carbocycles. The van der Waals surface area contributed by atoms with Gasteiger partial charge in [0.15, 0.2) is 0 Å². The number of nitrogens with one attached hydrogen (secondary N) is 1. The Balaban J connectivity index is 1.86. The summed E-state index contributed by atoms with van der Waals surface area (Å²) in [5.74, 6) is 0.547. The van der Waals surface area contributed by atoms with Crippen molar-refractivity contribution in [1.29, 1.82) is 5.26 Å². The Morgan fingerprint density at radius 3 is 2.67 bits per heavy atom. The molecule has 18 heavy (non-hydrogen) atoms. The van der Waals surface area contributed by atoms with Crippen molar-refractivity contribution in [3.05, 3.63) is 0 Å². The topological polar surface area (TPSA) is 39.1 Å². The maximum Gasteiger partial charge on any atom is 0.109 e. The van der Waals surface area contributed by atoms with E-state index in [1.165, 1.54) is 51.6 Å². The van der Waals surface area contributed by atoms with Gasteiger partial charge in [-0.3, -0.25) is 0 Å². The van der Waals surface area contributed by atoms with Crippen molar-refractivity contribution in [1.82, 2.24) is 10.2 Å². The number of hydrogen-bond acceptors (Lipinski definition) is 3. The lowest BCUT2D eigenvalue weighted by Crippen LogP contribution is -2.46.